The lowest BCUT2D eigenvalue weighted by atomic mass is 10.3. The van der Waals surface area contributed by atoms with Crippen molar-refractivity contribution < 1.29 is 9.34 Å². The molecule has 1 rings (SSSR count). The number of nitrogens with one attached hydrogen (secondary N) is 1. The van der Waals surface area contributed by atoms with E-state index < -0.39 is 4.92 Å². The van der Waals surface area contributed by atoms with E-state index in [0.29, 0.717) is 0 Å². The fraction of sp³-hybridized carbons (Fsp3) is 0. The molecule has 0 bridgehead atoms. The minimum atomic E-state index is -0.651. The molecule has 3 N–H and O–H groups in total. The average Bonchev–Trinajstić information content (AvgIpc) is 2.51. The van der Waals surface area contributed by atoms with Gasteiger partial charge in [0.2, 0.25) is 0 Å². The summed E-state index contributed by atoms with van der Waals surface area (Å²) in [7, 11) is 0. The number of nitrogens with zero attached hydrogens (tertiary/aromatic N) is 2. The molecule has 0 unspecified atom stereocenters. The molecule has 0 radical (unpaired) electrons. The van der Waals surface area contributed by atoms with Crippen molar-refractivity contribution in [3.63, 3.8) is 0 Å². The van der Waals surface area contributed by atoms with Crippen LogP contribution in [0.2, 0.25) is 0 Å². The molecule has 0 aliphatic carbocycles. The zero-order valence-corrected chi connectivity index (χ0v) is 7.65. The van der Waals surface area contributed by atoms with E-state index in [2.05, 4.69) is 27.2 Å². The molecule has 7 nitrogen and oxygen atoms in total. The molecule has 0 saturated carbocycles. The highest BCUT2D eigenvalue weighted by Crippen LogP contribution is 2.16. The molecular formula is C6H6N4O3S. The van der Waals surface area contributed by atoms with Gasteiger partial charge in [0.15, 0.2) is 5.11 Å². The molecule has 74 valence electrons. The van der Waals surface area contributed by atoms with Crippen molar-refractivity contribution in [3.8, 4) is 0 Å². The van der Waals surface area contributed by atoms with Gasteiger partial charge in [-0.3, -0.25) is 15.5 Å². The first-order valence-electron chi connectivity index (χ1n) is 3.41. The predicted molar refractivity (Wildman–Crippen MR) is 52.9 cm³/mol. The summed E-state index contributed by atoms with van der Waals surface area (Å²) in [4.78, 5) is 9.71. The van der Waals surface area contributed by atoms with Gasteiger partial charge in [-0.1, -0.05) is 0 Å². The van der Waals surface area contributed by atoms with Crippen molar-refractivity contribution in [2.24, 2.45) is 10.8 Å². The van der Waals surface area contributed by atoms with Gasteiger partial charge in [-0.05, 0) is 18.3 Å². The smallest absolute Gasteiger partial charge is 0.409 e. The second kappa shape index (κ2) is 4.33. The van der Waals surface area contributed by atoms with E-state index in [-0.39, 0.29) is 16.6 Å². The van der Waals surface area contributed by atoms with Crippen LogP contribution in [0.1, 0.15) is 5.56 Å². The van der Waals surface area contributed by atoms with E-state index in [4.69, 9.17) is 5.73 Å². The van der Waals surface area contributed by atoms with Gasteiger partial charge >= 0.3 is 5.88 Å². The number of nitro groups is 1. The Hall–Kier alpha value is -1.96. The van der Waals surface area contributed by atoms with Crippen molar-refractivity contribution in [1.82, 2.24) is 5.43 Å². The molecule has 0 saturated heterocycles. The Morgan fingerprint density at radius 2 is 2.57 bits per heavy atom. The van der Waals surface area contributed by atoms with Crippen molar-refractivity contribution in [2.75, 3.05) is 0 Å². The molecule has 1 aromatic heterocycles. The van der Waals surface area contributed by atoms with Crippen LogP contribution in [0.3, 0.4) is 0 Å². The van der Waals surface area contributed by atoms with E-state index in [1.165, 1.54) is 18.5 Å². The monoisotopic (exact) mass is 214 g/mol. The standard InChI is InChI=1S/C6H6N4O3S/c7-6(14)9-8-3-4-1-2-13-5(4)10(11)12/h1-3H,(H3,7,9,14)/b8-3+. The van der Waals surface area contributed by atoms with E-state index in [1.54, 1.807) is 0 Å². The minimum Gasteiger partial charge on any atom is -0.409 e. The van der Waals surface area contributed by atoms with E-state index in [9.17, 15) is 10.1 Å². The third kappa shape index (κ3) is 2.52. The predicted octanol–water partition coefficient (Wildman–Crippen LogP) is 0.355. The molecule has 0 atom stereocenters. The fourth-order valence-electron chi connectivity index (χ4n) is 0.723. The van der Waals surface area contributed by atoms with Gasteiger partial charge in [0, 0.05) is 0 Å². The summed E-state index contributed by atoms with van der Waals surface area (Å²) >= 11 is 4.47. The zero-order valence-electron chi connectivity index (χ0n) is 6.84. The van der Waals surface area contributed by atoms with Gasteiger partial charge in [0.25, 0.3) is 0 Å². The lowest BCUT2D eigenvalue weighted by Crippen LogP contribution is -2.23. The highest BCUT2D eigenvalue weighted by molar-refractivity contribution is 7.80. The van der Waals surface area contributed by atoms with Gasteiger partial charge in [-0.2, -0.15) is 5.10 Å². The van der Waals surface area contributed by atoms with Crippen LogP contribution in [0.15, 0.2) is 21.8 Å². The Kier molecular flexibility index (Phi) is 3.13. The third-order valence-corrected chi connectivity index (χ3v) is 1.31. The van der Waals surface area contributed by atoms with Crippen molar-refractivity contribution >= 4 is 29.4 Å². The molecule has 0 spiro atoms. The highest BCUT2D eigenvalue weighted by atomic mass is 32.1. The Morgan fingerprint density at radius 3 is 3.14 bits per heavy atom. The summed E-state index contributed by atoms with van der Waals surface area (Å²) < 4.78 is 4.60. The molecule has 0 amide bonds. The molecule has 8 heteroatoms. The summed E-state index contributed by atoms with van der Waals surface area (Å²) in [6, 6.07) is 1.41. The number of hydrazone groups is 1. The summed E-state index contributed by atoms with van der Waals surface area (Å²) in [5, 5.41) is 13.9. The van der Waals surface area contributed by atoms with Crippen LogP contribution in [0, 0.1) is 10.1 Å². The molecule has 1 heterocycles. The largest absolute Gasteiger partial charge is 0.441 e. The first-order valence-corrected chi connectivity index (χ1v) is 3.82. The van der Waals surface area contributed by atoms with Gasteiger partial charge < -0.3 is 10.2 Å². The van der Waals surface area contributed by atoms with Crippen molar-refractivity contribution in [1.29, 1.82) is 0 Å². The zero-order chi connectivity index (χ0) is 10.6. The summed E-state index contributed by atoms with van der Waals surface area (Å²) in [5.74, 6) is -0.376. The van der Waals surface area contributed by atoms with Gasteiger partial charge in [0.05, 0.1) is 12.5 Å². The van der Waals surface area contributed by atoms with Gasteiger partial charge in [-0.25, -0.2) is 0 Å². The van der Waals surface area contributed by atoms with Crippen LogP contribution >= 0.6 is 12.2 Å². The van der Waals surface area contributed by atoms with Crippen molar-refractivity contribution in [2.45, 2.75) is 0 Å². The molecule has 0 aliphatic rings. The Balaban J connectivity index is 2.76. The maximum Gasteiger partial charge on any atom is 0.441 e. The second-order valence-electron chi connectivity index (χ2n) is 2.17. The number of nitrogens with two attached hydrogens (primary N) is 1. The lowest BCUT2D eigenvalue weighted by Gasteiger charge is -1.91. The topological polar surface area (TPSA) is 107 Å². The quantitative estimate of drug-likeness (QED) is 0.325. The maximum absolute atomic E-state index is 10.4. The number of furan rings is 1. The Labute approximate surface area is 83.7 Å². The Bertz CT molecular complexity index is 386. The summed E-state index contributed by atoms with van der Waals surface area (Å²) in [6.45, 7) is 0. The van der Waals surface area contributed by atoms with Crippen LogP contribution in [-0.4, -0.2) is 16.3 Å². The molecule has 0 aromatic carbocycles. The Morgan fingerprint density at radius 1 is 1.86 bits per heavy atom. The first kappa shape index (κ1) is 10.1. The van der Waals surface area contributed by atoms with Crippen LogP contribution in [0.25, 0.3) is 0 Å². The maximum atomic E-state index is 10.4. The van der Waals surface area contributed by atoms with Gasteiger partial charge in [-0.15, -0.1) is 0 Å². The number of hydrogen-bond acceptors (Lipinski definition) is 5. The SMILES string of the molecule is NC(=S)N/N=C/c1ccoc1[N+](=O)[O-]. The van der Waals surface area contributed by atoms with Crippen LogP contribution in [0.4, 0.5) is 5.88 Å². The molecular weight excluding hydrogens is 208 g/mol. The lowest BCUT2D eigenvalue weighted by molar-refractivity contribution is -0.402. The minimum absolute atomic E-state index is 0.0209. The first-order chi connectivity index (χ1) is 6.61. The van der Waals surface area contributed by atoms with E-state index in [0.717, 1.165) is 0 Å². The number of hydrogen-bond donors (Lipinski definition) is 2. The normalized spacial score (nSPS) is 10.3. The van der Waals surface area contributed by atoms with E-state index in [1.807, 2.05) is 0 Å². The summed E-state index contributed by atoms with van der Waals surface area (Å²) in [6.07, 6.45) is 2.39. The number of rotatable bonds is 3. The van der Waals surface area contributed by atoms with Crippen LogP contribution in [0.5, 0.6) is 0 Å². The molecule has 14 heavy (non-hydrogen) atoms. The second-order valence-corrected chi connectivity index (χ2v) is 2.61. The highest BCUT2D eigenvalue weighted by Gasteiger charge is 2.15. The fourth-order valence-corrected chi connectivity index (χ4v) is 0.776. The van der Waals surface area contributed by atoms with Crippen LogP contribution < -0.4 is 11.2 Å². The van der Waals surface area contributed by atoms with Crippen molar-refractivity contribution in [3.05, 3.63) is 28.0 Å². The molecule has 0 aliphatic heterocycles. The number of thiocarbonyl (C=S) groups is 1. The molecule has 0 fully saturated rings. The molecule has 1 aromatic rings. The van der Waals surface area contributed by atoms with E-state index >= 15 is 0 Å². The third-order valence-electron chi connectivity index (χ3n) is 1.22. The van der Waals surface area contributed by atoms with Gasteiger partial charge in [0.1, 0.15) is 10.5 Å². The summed E-state index contributed by atoms with van der Waals surface area (Å²) in [5.41, 5.74) is 7.58. The van der Waals surface area contributed by atoms with Crippen LogP contribution in [-0.2, 0) is 0 Å². The average molecular weight is 214 g/mol.